The second kappa shape index (κ2) is 10.6. The molecule has 7 nitrogen and oxygen atoms in total. The molecule has 3 amide bonds. The maximum absolute atomic E-state index is 12.7. The molecule has 3 heterocycles. The van der Waals surface area contributed by atoms with E-state index < -0.39 is 0 Å². The zero-order chi connectivity index (χ0) is 20.6. The summed E-state index contributed by atoms with van der Waals surface area (Å²) in [5.41, 5.74) is 0.888. The predicted molar refractivity (Wildman–Crippen MR) is 113 cm³/mol. The van der Waals surface area contributed by atoms with Crippen LogP contribution in [-0.4, -0.2) is 76.9 Å². The number of carbonyl (C=O) groups excluding carboxylic acids is 2. The van der Waals surface area contributed by atoms with E-state index in [-0.39, 0.29) is 17.9 Å². The third-order valence-corrected chi connectivity index (χ3v) is 6.28. The standard InChI is InChI=1S/C22H35N5O2/c1-3-25(4-2)22(29)26-14-10-20(11-15-26)27-13-7-8-18(17-27)21(28)24-16-19-9-5-6-12-23-19/h5-6,9,12,18,20H,3-4,7-8,10-11,13-17H2,1-2H3,(H,24,28). The van der Waals surface area contributed by atoms with E-state index in [1.807, 2.05) is 41.8 Å². The SMILES string of the molecule is CCN(CC)C(=O)N1CCC(N2CCCC(C(=O)NCc3ccccn3)C2)CC1. The second-order valence-corrected chi connectivity index (χ2v) is 8.05. The molecule has 2 aliphatic heterocycles. The number of rotatable bonds is 6. The van der Waals surface area contributed by atoms with Crippen molar-refractivity contribution in [2.75, 3.05) is 39.3 Å². The Morgan fingerprint density at radius 2 is 1.90 bits per heavy atom. The van der Waals surface area contributed by atoms with E-state index in [0.717, 1.165) is 70.6 Å². The third kappa shape index (κ3) is 5.69. The number of likely N-dealkylation sites (tertiary alicyclic amines) is 2. The summed E-state index contributed by atoms with van der Waals surface area (Å²) in [7, 11) is 0. The maximum Gasteiger partial charge on any atom is 0.319 e. The van der Waals surface area contributed by atoms with Crippen molar-refractivity contribution in [1.82, 2.24) is 25.0 Å². The first-order valence-electron chi connectivity index (χ1n) is 11.1. The molecule has 1 aromatic rings. The molecule has 1 unspecified atom stereocenters. The molecule has 0 radical (unpaired) electrons. The van der Waals surface area contributed by atoms with Gasteiger partial charge in [-0.05, 0) is 58.2 Å². The van der Waals surface area contributed by atoms with Gasteiger partial charge in [0.25, 0.3) is 0 Å². The van der Waals surface area contributed by atoms with E-state index >= 15 is 0 Å². The molecule has 3 rings (SSSR count). The number of nitrogens with one attached hydrogen (secondary N) is 1. The fraction of sp³-hybridized carbons (Fsp3) is 0.682. The summed E-state index contributed by atoms with van der Waals surface area (Å²) in [6, 6.07) is 6.39. The highest BCUT2D eigenvalue weighted by Gasteiger charge is 2.33. The molecule has 1 aromatic heterocycles. The van der Waals surface area contributed by atoms with Crippen molar-refractivity contribution >= 4 is 11.9 Å². The van der Waals surface area contributed by atoms with Gasteiger partial charge in [-0.15, -0.1) is 0 Å². The summed E-state index contributed by atoms with van der Waals surface area (Å²) < 4.78 is 0. The quantitative estimate of drug-likeness (QED) is 0.794. The van der Waals surface area contributed by atoms with Gasteiger partial charge in [0.1, 0.15) is 0 Å². The molecule has 0 saturated carbocycles. The topological polar surface area (TPSA) is 68.8 Å². The Balaban J connectivity index is 1.46. The first-order valence-corrected chi connectivity index (χ1v) is 11.1. The van der Waals surface area contributed by atoms with E-state index in [0.29, 0.717) is 12.6 Å². The minimum atomic E-state index is 0.0443. The lowest BCUT2D eigenvalue weighted by atomic mass is 9.93. The van der Waals surface area contributed by atoms with Crippen LogP contribution in [0.2, 0.25) is 0 Å². The van der Waals surface area contributed by atoms with E-state index in [2.05, 4.69) is 15.2 Å². The fourth-order valence-corrected chi connectivity index (χ4v) is 4.49. The van der Waals surface area contributed by atoms with Crippen LogP contribution in [0, 0.1) is 5.92 Å². The van der Waals surface area contributed by atoms with Gasteiger partial charge >= 0.3 is 6.03 Å². The monoisotopic (exact) mass is 401 g/mol. The summed E-state index contributed by atoms with van der Waals surface area (Å²) in [6.45, 7) is 9.57. The highest BCUT2D eigenvalue weighted by Crippen LogP contribution is 2.24. The van der Waals surface area contributed by atoms with Crippen molar-refractivity contribution in [3.63, 3.8) is 0 Å². The lowest BCUT2D eigenvalue weighted by molar-refractivity contribution is -0.127. The van der Waals surface area contributed by atoms with E-state index in [4.69, 9.17) is 0 Å². The normalized spacial score (nSPS) is 21.0. The molecular formula is C22H35N5O2. The zero-order valence-electron chi connectivity index (χ0n) is 17.8. The Kier molecular flexibility index (Phi) is 7.86. The molecule has 0 aliphatic carbocycles. The van der Waals surface area contributed by atoms with Crippen LogP contribution in [0.4, 0.5) is 4.79 Å². The molecule has 1 N–H and O–H groups in total. The predicted octanol–water partition coefficient (Wildman–Crippen LogP) is 2.34. The Bertz CT molecular complexity index is 656. The Morgan fingerprint density at radius 1 is 1.14 bits per heavy atom. The van der Waals surface area contributed by atoms with Crippen LogP contribution >= 0.6 is 0 Å². The lowest BCUT2D eigenvalue weighted by Crippen LogP contribution is -2.53. The van der Waals surface area contributed by atoms with Crippen LogP contribution in [0.15, 0.2) is 24.4 Å². The number of nitrogens with zero attached hydrogens (tertiary/aromatic N) is 4. The van der Waals surface area contributed by atoms with Crippen molar-refractivity contribution in [2.45, 2.75) is 52.1 Å². The molecule has 0 bridgehead atoms. The number of carbonyl (C=O) groups is 2. The minimum absolute atomic E-state index is 0.0443. The molecule has 2 aliphatic rings. The summed E-state index contributed by atoms with van der Waals surface area (Å²) in [5.74, 6) is 0.178. The average Bonchev–Trinajstić information content (AvgIpc) is 2.79. The molecule has 0 spiro atoms. The Morgan fingerprint density at radius 3 is 2.55 bits per heavy atom. The van der Waals surface area contributed by atoms with Crippen LogP contribution in [-0.2, 0) is 11.3 Å². The van der Waals surface area contributed by atoms with Crippen molar-refractivity contribution in [3.05, 3.63) is 30.1 Å². The Labute approximate surface area is 174 Å². The number of aromatic nitrogens is 1. The molecule has 2 saturated heterocycles. The first kappa shape index (κ1) is 21.6. The van der Waals surface area contributed by atoms with Crippen LogP contribution in [0.1, 0.15) is 45.2 Å². The number of hydrogen-bond acceptors (Lipinski definition) is 4. The first-order chi connectivity index (χ1) is 14.1. The van der Waals surface area contributed by atoms with Crippen LogP contribution in [0.5, 0.6) is 0 Å². The number of amides is 3. The number of urea groups is 1. The second-order valence-electron chi connectivity index (χ2n) is 8.05. The summed E-state index contributed by atoms with van der Waals surface area (Å²) in [4.78, 5) is 35.8. The molecule has 2 fully saturated rings. The van der Waals surface area contributed by atoms with Gasteiger partial charge in [0.05, 0.1) is 18.2 Å². The van der Waals surface area contributed by atoms with E-state index in [1.54, 1.807) is 6.20 Å². The minimum Gasteiger partial charge on any atom is -0.350 e. The fourth-order valence-electron chi connectivity index (χ4n) is 4.49. The molecule has 0 aromatic carbocycles. The van der Waals surface area contributed by atoms with Gasteiger partial charge in [-0.2, -0.15) is 0 Å². The smallest absolute Gasteiger partial charge is 0.319 e. The van der Waals surface area contributed by atoms with Crippen LogP contribution in [0.3, 0.4) is 0 Å². The summed E-state index contributed by atoms with van der Waals surface area (Å²) in [5, 5.41) is 3.05. The van der Waals surface area contributed by atoms with Crippen molar-refractivity contribution in [1.29, 1.82) is 0 Å². The lowest BCUT2D eigenvalue weighted by Gasteiger charge is -2.42. The van der Waals surface area contributed by atoms with Gasteiger partial charge in [0, 0.05) is 45.0 Å². The summed E-state index contributed by atoms with van der Waals surface area (Å²) in [6.07, 6.45) is 5.75. The highest BCUT2D eigenvalue weighted by molar-refractivity contribution is 5.79. The molecule has 7 heteroatoms. The number of hydrogen-bond donors (Lipinski definition) is 1. The number of piperidine rings is 2. The van der Waals surface area contributed by atoms with Crippen molar-refractivity contribution in [2.24, 2.45) is 5.92 Å². The van der Waals surface area contributed by atoms with Gasteiger partial charge < -0.3 is 15.1 Å². The van der Waals surface area contributed by atoms with E-state index in [1.165, 1.54) is 0 Å². The maximum atomic E-state index is 12.7. The largest absolute Gasteiger partial charge is 0.350 e. The summed E-state index contributed by atoms with van der Waals surface area (Å²) >= 11 is 0. The molecule has 160 valence electrons. The number of pyridine rings is 1. The van der Waals surface area contributed by atoms with Crippen LogP contribution in [0.25, 0.3) is 0 Å². The highest BCUT2D eigenvalue weighted by atomic mass is 16.2. The van der Waals surface area contributed by atoms with Gasteiger partial charge in [-0.25, -0.2) is 4.79 Å². The van der Waals surface area contributed by atoms with Gasteiger partial charge in [-0.3, -0.25) is 14.7 Å². The van der Waals surface area contributed by atoms with Crippen molar-refractivity contribution in [3.8, 4) is 0 Å². The van der Waals surface area contributed by atoms with Gasteiger partial charge in [0.2, 0.25) is 5.91 Å². The molecule has 29 heavy (non-hydrogen) atoms. The van der Waals surface area contributed by atoms with E-state index in [9.17, 15) is 9.59 Å². The molecule has 1 atom stereocenters. The van der Waals surface area contributed by atoms with Crippen LogP contribution < -0.4 is 5.32 Å². The average molecular weight is 402 g/mol. The third-order valence-electron chi connectivity index (χ3n) is 6.28. The van der Waals surface area contributed by atoms with Gasteiger partial charge in [-0.1, -0.05) is 6.07 Å². The van der Waals surface area contributed by atoms with Gasteiger partial charge in [0.15, 0.2) is 0 Å². The zero-order valence-corrected chi connectivity index (χ0v) is 17.8. The van der Waals surface area contributed by atoms with Crippen molar-refractivity contribution < 1.29 is 9.59 Å². The molecular weight excluding hydrogens is 366 g/mol. The Hall–Kier alpha value is -2.15.